The number of methoxy groups -OCH3 is 1. The van der Waals surface area contributed by atoms with Gasteiger partial charge < -0.3 is 10.1 Å². The molecule has 0 saturated heterocycles. The maximum atomic E-state index is 13.5. The molecule has 0 aliphatic rings. The van der Waals surface area contributed by atoms with Gasteiger partial charge in [-0.25, -0.2) is 8.42 Å². The number of nitro benzene ring substituents is 1. The summed E-state index contributed by atoms with van der Waals surface area (Å²) in [7, 11) is -2.58. The van der Waals surface area contributed by atoms with Crippen LogP contribution in [0.15, 0.2) is 71.6 Å². The molecule has 0 radical (unpaired) electrons. The van der Waals surface area contributed by atoms with E-state index in [4.69, 9.17) is 4.74 Å². The summed E-state index contributed by atoms with van der Waals surface area (Å²) in [4.78, 5) is 23.9. The molecule has 1 amide bonds. The molecule has 9 nitrogen and oxygen atoms in total. The van der Waals surface area contributed by atoms with Gasteiger partial charge in [0.25, 0.3) is 15.7 Å². The molecule has 0 fully saturated rings. The molecule has 0 heterocycles. The van der Waals surface area contributed by atoms with Gasteiger partial charge in [0, 0.05) is 12.1 Å². The molecular weight excluding hydrogens is 494 g/mol. The van der Waals surface area contributed by atoms with Crippen molar-refractivity contribution in [3.8, 4) is 5.75 Å². The van der Waals surface area contributed by atoms with Crippen LogP contribution < -0.4 is 14.4 Å². The predicted molar refractivity (Wildman–Crippen MR) is 142 cm³/mol. The fraction of sp³-hybridized carbons (Fsp3) is 0.296. The number of nitrogens with one attached hydrogen (secondary N) is 1. The van der Waals surface area contributed by atoms with Crippen molar-refractivity contribution >= 4 is 27.3 Å². The zero-order valence-corrected chi connectivity index (χ0v) is 22.3. The Morgan fingerprint density at radius 3 is 2.30 bits per heavy atom. The van der Waals surface area contributed by atoms with Crippen LogP contribution in [-0.4, -0.2) is 32.9 Å². The van der Waals surface area contributed by atoms with Crippen LogP contribution in [0.1, 0.15) is 49.4 Å². The van der Waals surface area contributed by atoms with Crippen molar-refractivity contribution in [1.29, 1.82) is 0 Å². The molecule has 10 heteroatoms. The van der Waals surface area contributed by atoms with Gasteiger partial charge in [-0.15, -0.1) is 0 Å². The van der Waals surface area contributed by atoms with E-state index < -0.39 is 33.4 Å². The minimum atomic E-state index is -4.19. The van der Waals surface area contributed by atoms with Crippen LogP contribution in [0.4, 0.5) is 11.4 Å². The van der Waals surface area contributed by atoms with Gasteiger partial charge in [0.05, 0.1) is 28.7 Å². The molecule has 0 bridgehead atoms. The number of anilines is 1. The van der Waals surface area contributed by atoms with E-state index in [0.29, 0.717) is 0 Å². The molecule has 0 spiro atoms. The van der Waals surface area contributed by atoms with Crippen LogP contribution >= 0.6 is 0 Å². The van der Waals surface area contributed by atoms with Gasteiger partial charge in [-0.1, -0.05) is 38.1 Å². The second-order valence-corrected chi connectivity index (χ2v) is 10.9. The summed E-state index contributed by atoms with van der Waals surface area (Å²) < 4.78 is 33.4. The largest absolute Gasteiger partial charge is 0.496 e. The molecule has 37 heavy (non-hydrogen) atoms. The van der Waals surface area contributed by atoms with Gasteiger partial charge in [-0.05, 0) is 66.8 Å². The fourth-order valence-corrected chi connectivity index (χ4v) is 5.54. The molecular formula is C27H31N3O6S. The van der Waals surface area contributed by atoms with Crippen molar-refractivity contribution in [2.45, 2.75) is 44.6 Å². The van der Waals surface area contributed by atoms with E-state index in [1.54, 1.807) is 25.3 Å². The van der Waals surface area contributed by atoms with Crippen molar-refractivity contribution in [3.05, 3.63) is 93.5 Å². The number of nitrogens with zero attached hydrogens (tertiary/aromatic N) is 2. The first-order chi connectivity index (χ1) is 17.4. The summed E-state index contributed by atoms with van der Waals surface area (Å²) in [6.07, 6.45) is 0. The van der Waals surface area contributed by atoms with E-state index >= 15 is 0 Å². The first kappa shape index (κ1) is 27.7. The molecule has 3 aromatic rings. The summed E-state index contributed by atoms with van der Waals surface area (Å²) in [5, 5.41) is 14.2. The van der Waals surface area contributed by atoms with E-state index in [0.717, 1.165) is 32.8 Å². The van der Waals surface area contributed by atoms with Crippen LogP contribution in [0.2, 0.25) is 0 Å². The molecule has 196 valence electrons. The second kappa shape index (κ2) is 11.4. The maximum Gasteiger partial charge on any atom is 0.271 e. The number of hydrogen-bond donors (Lipinski definition) is 1. The van der Waals surface area contributed by atoms with Crippen molar-refractivity contribution in [1.82, 2.24) is 5.32 Å². The van der Waals surface area contributed by atoms with Crippen LogP contribution in [0.25, 0.3) is 0 Å². The third-order valence-electron chi connectivity index (χ3n) is 6.03. The van der Waals surface area contributed by atoms with Gasteiger partial charge in [-0.3, -0.25) is 19.2 Å². The quantitative estimate of drug-likeness (QED) is 0.290. The number of nitro groups is 1. The number of amides is 1. The van der Waals surface area contributed by atoms with Crippen molar-refractivity contribution < 1.29 is 22.9 Å². The monoisotopic (exact) mass is 525 g/mol. The van der Waals surface area contributed by atoms with Crippen LogP contribution in [0, 0.1) is 17.0 Å². The normalized spacial score (nSPS) is 12.2. The fourth-order valence-electron chi connectivity index (χ4n) is 4.10. The molecule has 0 aliphatic carbocycles. The Balaban J connectivity index is 1.95. The first-order valence-corrected chi connectivity index (χ1v) is 13.2. The van der Waals surface area contributed by atoms with Gasteiger partial charge in [0.1, 0.15) is 12.3 Å². The maximum absolute atomic E-state index is 13.5. The summed E-state index contributed by atoms with van der Waals surface area (Å²) >= 11 is 0. The third kappa shape index (κ3) is 6.26. The number of rotatable bonds is 10. The van der Waals surface area contributed by atoms with E-state index in [2.05, 4.69) is 5.32 Å². The number of non-ortho nitro benzene ring substituents is 1. The highest BCUT2D eigenvalue weighted by Gasteiger charge is 2.29. The average Bonchev–Trinajstić information content (AvgIpc) is 2.87. The third-order valence-corrected chi connectivity index (χ3v) is 7.82. The number of hydrogen-bond acceptors (Lipinski definition) is 6. The molecule has 0 aromatic heterocycles. The number of ether oxygens (including phenoxy) is 1. The Kier molecular flexibility index (Phi) is 8.54. The lowest BCUT2D eigenvalue weighted by atomic mass is 9.93. The minimum absolute atomic E-state index is 0.0172. The molecule has 1 atom stereocenters. The molecule has 0 unspecified atom stereocenters. The lowest BCUT2D eigenvalue weighted by Gasteiger charge is -2.26. The Morgan fingerprint density at radius 1 is 1.03 bits per heavy atom. The van der Waals surface area contributed by atoms with Crippen LogP contribution in [0.5, 0.6) is 5.75 Å². The number of carbonyl (C=O) groups excluding carboxylic acids is 1. The summed E-state index contributed by atoms with van der Waals surface area (Å²) in [5.41, 5.74) is 2.53. The Morgan fingerprint density at radius 2 is 1.70 bits per heavy atom. The minimum Gasteiger partial charge on any atom is -0.496 e. The summed E-state index contributed by atoms with van der Waals surface area (Å²) in [6.45, 7) is 7.27. The van der Waals surface area contributed by atoms with Crippen molar-refractivity contribution in [2.75, 3.05) is 18.0 Å². The Bertz CT molecular complexity index is 1390. The molecule has 0 aliphatic heterocycles. The molecule has 1 N–H and O–H groups in total. The van der Waals surface area contributed by atoms with Crippen molar-refractivity contribution in [2.24, 2.45) is 0 Å². The zero-order chi connectivity index (χ0) is 27.3. The molecule has 3 rings (SSSR count). The first-order valence-electron chi connectivity index (χ1n) is 11.8. The number of sulfonamides is 1. The predicted octanol–water partition coefficient (Wildman–Crippen LogP) is 5.11. The van der Waals surface area contributed by atoms with E-state index in [-0.39, 0.29) is 22.2 Å². The summed E-state index contributed by atoms with van der Waals surface area (Å²) in [6, 6.07) is 16.3. The van der Waals surface area contributed by atoms with Gasteiger partial charge in [-0.2, -0.15) is 0 Å². The lowest BCUT2D eigenvalue weighted by molar-refractivity contribution is -0.384. The van der Waals surface area contributed by atoms with E-state index in [1.807, 2.05) is 39.8 Å². The van der Waals surface area contributed by atoms with E-state index in [1.165, 1.54) is 30.3 Å². The highest BCUT2D eigenvalue weighted by atomic mass is 32.2. The molecule has 0 saturated carbocycles. The standard InChI is InChI=1S/C27H31N3O6S/c1-18(2)24-16-25(19(3)14-26(24)36-5)20(4)28-27(31)17-29(21-10-9-11-22(15-21)30(32)33)37(34,35)23-12-7-6-8-13-23/h6-16,18,20H,17H2,1-5H3,(H,28,31)/t20-/m0/s1. The van der Waals surface area contributed by atoms with Crippen molar-refractivity contribution in [3.63, 3.8) is 0 Å². The van der Waals surface area contributed by atoms with Gasteiger partial charge in [0.15, 0.2) is 0 Å². The van der Waals surface area contributed by atoms with Gasteiger partial charge in [0.2, 0.25) is 5.91 Å². The number of benzene rings is 3. The van der Waals surface area contributed by atoms with Gasteiger partial charge >= 0.3 is 0 Å². The Hall–Kier alpha value is -3.92. The zero-order valence-electron chi connectivity index (χ0n) is 21.5. The number of aryl methyl sites for hydroxylation is 1. The smallest absolute Gasteiger partial charge is 0.271 e. The second-order valence-electron chi connectivity index (χ2n) is 9.00. The highest BCUT2D eigenvalue weighted by molar-refractivity contribution is 7.92. The number of carbonyl (C=O) groups is 1. The average molecular weight is 526 g/mol. The molecule has 3 aromatic carbocycles. The van der Waals surface area contributed by atoms with E-state index in [9.17, 15) is 23.3 Å². The highest BCUT2D eigenvalue weighted by Crippen LogP contribution is 2.32. The summed E-state index contributed by atoms with van der Waals surface area (Å²) in [5.74, 6) is 0.401. The Labute approximate surface area is 217 Å². The lowest BCUT2D eigenvalue weighted by Crippen LogP contribution is -2.41. The van der Waals surface area contributed by atoms with Crippen LogP contribution in [-0.2, 0) is 14.8 Å². The van der Waals surface area contributed by atoms with Crippen LogP contribution in [0.3, 0.4) is 0 Å². The topological polar surface area (TPSA) is 119 Å². The SMILES string of the molecule is COc1cc(C)c([C@H](C)NC(=O)CN(c2cccc([N+](=O)[O-])c2)S(=O)(=O)c2ccccc2)cc1C(C)C.